The Balaban J connectivity index is 1.48. The van der Waals surface area contributed by atoms with E-state index in [9.17, 15) is 13.2 Å². The van der Waals surface area contributed by atoms with Gasteiger partial charge in [-0.2, -0.15) is 4.31 Å². The molecular formula is C22H28N2O4S. The van der Waals surface area contributed by atoms with Crippen LogP contribution in [0.5, 0.6) is 5.75 Å². The minimum absolute atomic E-state index is 0.0341. The molecule has 0 aliphatic carbocycles. The number of methoxy groups -OCH3 is 1. The molecule has 1 heterocycles. The summed E-state index contributed by atoms with van der Waals surface area (Å²) < 4.78 is 32.5. The Bertz CT molecular complexity index is 951. The van der Waals surface area contributed by atoms with Gasteiger partial charge in [0.1, 0.15) is 5.75 Å². The first-order valence-corrected chi connectivity index (χ1v) is 11.3. The van der Waals surface area contributed by atoms with E-state index >= 15 is 0 Å². The van der Waals surface area contributed by atoms with Gasteiger partial charge in [0.15, 0.2) is 0 Å². The van der Waals surface area contributed by atoms with E-state index in [1.54, 1.807) is 29.6 Å². The average molecular weight is 417 g/mol. The first kappa shape index (κ1) is 21.3. The van der Waals surface area contributed by atoms with Gasteiger partial charge >= 0.3 is 0 Å². The van der Waals surface area contributed by atoms with Crippen molar-refractivity contribution in [3.05, 3.63) is 54.1 Å². The third-order valence-electron chi connectivity index (χ3n) is 5.42. The number of aryl methyl sites for hydroxylation is 1. The smallest absolute Gasteiger partial charge is 0.243 e. The third kappa shape index (κ3) is 5.36. The van der Waals surface area contributed by atoms with Crippen molar-refractivity contribution in [1.82, 2.24) is 4.31 Å². The second kappa shape index (κ2) is 9.41. The van der Waals surface area contributed by atoms with Crippen molar-refractivity contribution >= 4 is 21.6 Å². The maximum Gasteiger partial charge on any atom is 0.243 e. The molecular weight excluding hydrogens is 388 g/mol. The number of benzene rings is 2. The van der Waals surface area contributed by atoms with Crippen LogP contribution < -0.4 is 10.1 Å². The number of anilines is 1. The maximum absolute atomic E-state index is 12.9. The van der Waals surface area contributed by atoms with Gasteiger partial charge in [0.05, 0.1) is 12.0 Å². The quantitative estimate of drug-likeness (QED) is 0.744. The van der Waals surface area contributed by atoms with Gasteiger partial charge < -0.3 is 10.1 Å². The minimum atomic E-state index is -3.45. The predicted molar refractivity (Wildman–Crippen MR) is 114 cm³/mol. The van der Waals surface area contributed by atoms with Crippen LogP contribution in [0.2, 0.25) is 0 Å². The monoisotopic (exact) mass is 416 g/mol. The van der Waals surface area contributed by atoms with Gasteiger partial charge in [-0.3, -0.25) is 4.79 Å². The summed E-state index contributed by atoms with van der Waals surface area (Å²) in [7, 11) is -1.86. The normalized spacial score (nSPS) is 15.8. The average Bonchev–Trinajstić information content (AvgIpc) is 2.73. The number of sulfonamides is 1. The van der Waals surface area contributed by atoms with Gasteiger partial charge in [-0.25, -0.2) is 8.42 Å². The first-order chi connectivity index (χ1) is 13.9. The van der Waals surface area contributed by atoms with Gasteiger partial charge in [0.25, 0.3) is 0 Å². The van der Waals surface area contributed by atoms with E-state index in [0.717, 1.165) is 24.8 Å². The summed E-state index contributed by atoms with van der Waals surface area (Å²) >= 11 is 0. The predicted octanol–water partition coefficient (Wildman–Crippen LogP) is 3.82. The van der Waals surface area contributed by atoms with E-state index < -0.39 is 10.0 Å². The van der Waals surface area contributed by atoms with Crippen molar-refractivity contribution in [2.24, 2.45) is 5.92 Å². The van der Waals surface area contributed by atoms with Gasteiger partial charge in [-0.05, 0) is 55.9 Å². The van der Waals surface area contributed by atoms with Crippen LogP contribution in [0.4, 0.5) is 5.69 Å². The minimum Gasteiger partial charge on any atom is -0.497 e. The summed E-state index contributed by atoms with van der Waals surface area (Å²) in [6.45, 7) is 2.82. The molecule has 0 spiro atoms. The number of carbonyl (C=O) groups excluding carboxylic acids is 1. The molecule has 7 heteroatoms. The Morgan fingerprint density at radius 3 is 2.55 bits per heavy atom. The fourth-order valence-electron chi connectivity index (χ4n) is 3.68. The molecule has 0 radical (unpaired) electrons. The number of ether oxygens (including phenoxy) is 1. The van der Waals surface area contributed by atoms with Crippen LogP contribution in [-0.4, -0.2) is 38.8 Å². The van der Waals surface area contributed by atoms with Crippen LogP contribution in [-0.2, 0) is 14.8 Å². The molecule has 29 heavy (non-hydrogen) atoms. The van der Waals surface area contributed by atoms with Crippen molar-refractivity contribution in [3.63, 3.8) is 0 Å². The molecule has 0 saturated carbocycles. The van der Waals surface area contributed by atoms with Crippen molar-refractivity contribution in [1.29, 1.82) is 0 Å². The van der Waals surface area contributed by atoms with Gasteiger partial charge in [-0.15, -0.1) is 0 Å². The summed E-state index contributed by atoms with van der Waals surface area (Å²) in [5.41, 5.74) is 1.48. The summed E-state index contributed by atoms with van der Waals surface area (Å²) in [6, 6.07) is 14.4. The lowest BCUT2D eigenvalue weighted by molar-refractivity contribution is -0.116. The molecule has 1 aliphatic heterocycles. The van der Waals surface area contributed by atoms with Gasteiger partial charge in [-0.1, -0.05) is 24.3 Å². The van der Waals surface area contributed by atoms with E-state index in [1.165, 1.54) is 0 Å². The van der Waals surface area contributed by atoms with Crippen LogP contribution in [0.1, 0.15) is 31.2 Å². The number of nitrogens with one attached hydrogen (secondary N) is 1. The molecule has 6 nitrogen and oxygen atoms in total. The first-order valence-electron chi connectivity index (χ1n) is 9.90. The van der Waals surface area contributed by atoms with Crippen LogP contribution in [0.15, 0.2) is 53.4 Å². The highest BCUT2D eigenvalue weighted by atomic mass is 32.2. The standard InChI is InChI=1S/C22H28N2O4S/c1-17-6-3-4-9-21(17)29(26,27)24-14-12-18(13-15-24)10-11-22(25)23-19-7-5-8-20(16-19)28-2/h3-9,16,18H,10-15H2,1-2H3,(H,23,25). The fourth-order valence-corrected chi connectivity index (χ4v) is 5.38. The Kier molecular flexibility index (Phi) is 6.92. The Morgan fingerprint density at radius 2 is 1.86 bits per heavy atom. The molecule has 1 fully saturated rings. The van der Waals surface area contributed by atoms with Crippen molar-refractivity contribution in [2.45, 2.75) is 37.5 Å². The van der Waals surface area contributed by atoms with Crippen molar-refractivity contribution in [2.75, 3.05) is 25.5 Å². The molecule has 156 valence electrons. The number of hydrogen-bond acceptors (Lipinski definition) is 4. The highest BCUT2D eigenvalue weighted by molar-refractivity contribution is 7.89. The van der Waals surface area contributed by atoms with Crippen molar-refractivity contribution < 1.29 is 17.9 Å². The highest BCUT2D eigenvalue weighted by Crippen LogP contribution is 2.28. The largest absolute Gasteiger partial charge is 0.497 e. The lowest BCUT2D eigenvalue weighted by Gasteiger charge is -2.31. The summed E-state index contributed by atoms with van der Waals surface area (Å²) in [6.07, 6.45) is 2.73. The van der Waals surface area contributed by atoms with E-state index in [2.05, 4.69) is 5.32 Å². The lowest BCUT2D eigenvalue weighted by Crippen LogP contribution is -2.38. The molecule has 0 bridgehead atoms. The van der Waals surface area contributed by atoms with E-state index in [-0.39, 0.29) is 5.91 Å². The molecule has 3 rings (SSSR count). The molecule has 2 aromatic carbocycles. The fraction of sp³-hybridized carbons (Fsp3) is 0.409. The number of carbonyl (C=O) groups is 1. The van der Waals surface area contributed by atoms with E-state index in [0.29, 0.717) is 41.8 Å². The van der Waals surface area contributed by atoms with Crippen LogP contribution >= 0.6 is 0 Å². The van der Waals surface area contributed by atoms with Gasteiger partial charge in [0, 0.05) is 31.3 Å². The zero-order chi connectivity index (χ0) is 20.9. The Hall–Kier alpha value is -2.38. The number of rotatable bonds is 7. The summed E-state index contributed by atoms with van der Waals surface area (Å²) in [5.74, 6) is 1.02. The van der Waals surface area contributed by atoms with Gasteiger partial charge in [0.2, 0.25) is 15.9 Å². The second-order valence-electron chi connectivity index (χ2n) is 7.43. The zero-order valence-corrected chi connectivity index (χ0v) is 17.7. The molecule has 0 unspecified atom stereocenters. The topological polar surface area (TPSA) is 75.7 Å². The molecule has 0 aromatic heterocycles. The summed E-state index contributed by atoms with van der Waals surface area (Å²) in [4.78, 5) is 12.6. The molecule has 1 saturated heterocycles. The van der Waals surface area contributed by atoms with Crippen molar-refractivity contribution in [3.8, 4) is 5.75 Å². The third-order valence-corrected chi connectivity index (χ3v) is 7.48. The molecule has 1 N–H and O–H groups in total. The van der Waals surface area contributed by atoms with Crippen LogP contribution in [0, 0.1) is 12.8 Å². The molecule has 1 aliphatic rings. The van der Waals surface area contributed by atoms with E-state index in [1.807, 2.05) is 37.3 Å². The number of hydrogen-bond donors (Lipinski definition) is 1. The maximum atomic E-state index is 12.9. The SMILES string of the molecule is COc1cccc(NC(=O)CCC2CCN(S(=O)(=O)c3ccccc3C)CC2)c1. The Morgan fingerprint density at radius 1 is 1.14 bits per heavy atom. The lowest BCUT2D eigenvalue weighted by atomic mass is 9.93. The number of amides is 1. The van der Waals surface area contributed by atoms with E-state index in [4.69, 9.17) is 4.74 Å². The number of nitrogens with zero attached hydrogens (tertiary/aromatic N) is 1. The molecule has 1 amide bonds. The van der Waals surface area contributed by atoms with Crippen LogP contribution in [0.25, 0.3) is 0 Å². The van der Waals surface area contributed by atoms with Crippen LogP contribution in [0.3, 0.4) is 0 Å². The zero-order valence-electron chi connectivity index (χ0n) is 16.9. The Labute approximate surface area is 172 Å². The highest BCUT2D eigenvalue weighted by Gasteiger charge is 2.30. The molecule has 2 aromatic rings. The summed E-state index contributed by atoms with van der Waals surface area (Å²) in [5, 5.41) is 2.89. The second-order valence-corrected chi connectivity index (χ2v) is 9.34. The molecule has 0 atom stereocenters. The number of piperidine rings is 1.